The first-order valence-corrected chi connectivity index (χ1v) is 7.85. The number of amides is 1. The molecule has 1 amide bonds. The summed E-state index contributed by atoms with van der Waals surface area (Å²) in [4.78, 5) is 14.5. The Morgan fingerprint density at radius 2 is 1.65 bits per heavy atom. The second kappa shape index (κ2) is 7.38. The quantitative estimate of drug-likeness (QED) is 0.795. The van der Waals surface area contributed by atoms with Crippen LogP contribution in [0.15, 0.2) is 0 Å². The van der Waals surface area contributed by atoms with Crippen LogP contribution in [0.25, 0.3) is 0 Å². The highest BCUT2D eigenvalue weighted by atomic mass is 16.5. The van der Waals surface area contributed by atoms with Crippen LogP contribution in [0.4, 0.5) is 0 Å². The van der Waals surface area contributed by atoms with Crippen molar-refractivity contribution in [1.29, 1.82) is 0 Å². The fraction of sp³-hybridized carbons (Fsp3) is 0.933. The third-order valence-electron chi connectivity index (χ3n) is 4.39. The average molecular weight is 284 g/mol. The number of nitrogens with two attached hydrogens (primary N) is 1. The van der Waals surface area contributed by atoms with Gasteiger partial charge in [-0.3, -0.25) is 4.79 Å². The third-order valence-corrected chi connectivity index (χ3v) is 4.39. The minimum atomic E-state index is -0.155. The summed E-state index contributed by atoms with van der Waals surface area (Å²) >= 11 is 0. The highest BCUT2D eigenvalue weighted by molar-refractivity contribution is 5.79. The molecule has 2 aliphatic rings. The van der Waals surface area contributed by atoms with Gasteiger partial charge in [0.2, 0.25) is 5.91 Å². The smallest absolute Gasteiger partial charge is 0.227 e. The van der Waals surface area contributed by atoms with Crippen molar-refractivity contribution in [3.05, 3.63) is 0 Å². The maximum Gasteiger partial charge on any atom is 0.227 e. The van der Waals surface area contributed by atoms with Gasteiger partial charge in [-0.2, -0.15) is 0 Å². The molecule has 2 fully saturated rings. The third kappa shape index (κ3) is 4.17. The zero-order chi connectivity index (χ0) is 14.5. The van der Waals surface area contributed by atoms with Gasteiger partial charge in [-0.25, -0.2) is 0 Å². The molecule has 0 aromatic heterocycles. The summed E-state index contributed by atoms with van der Waals surface area (Å²) in [5.74, 6) is -0.0243. The summed E-state index contributed by atoms with van der Waals surface area (Å²) in [6.07, 6.45) is 4.63. The molecule has 0 aromatic rings. The van der Waals surface area contributed by atoms with Crippen LogP contribution < -0.4 is 5.73 Å². The van der Waals surface area contributed by atoms with E-state index in [9.17, 15) is 4.79 Å². The van der Waals surface area contributed by atoms with Crippen molar-refractivity contribution in [1.82, 2.24) is 4.90 Å². The number of rotatable bonds is 6. The van der Waals surface area contributed by atoms with E-state index in [1.807, 2.05) is 18.7 Å². The van der Waals surface area contributed by atoms with Gasteiger partial charge >= 0.3 is 0 Å². The Hall–Kier alpha value is -0.650. The fourth-order valence-corrected chi connectivity index (χ4v) is 2.84. The molecule has 2 aliphatic heterocycles. The molecule has 4 unspecified atom stereocenters. The van der Waals surface area contributed by atoms with Crippen molar-refractivity contribution >= 4 is 5.91 Å². The molecule has 4 atom stereocenters. The van der Waals surface area contributed by atoms with Crippen molar-refractivity contribution < 1.29 is 14.3 Å². The summed E-state index contributed by atoms with van der Waals surface area (Å²) < 4.78 is 11.3. The van der Waals surface area contributed by atoms with Crippen LogP contribution in [0.3, 0.4) is 0 Å². The van der Waals surface area contributed by atoms with Crippen LogP contribution in [-0.4, -0.2) is 55.4 Å². The first kappa shape index (κ1) is 15.7. The number of hydrogen-bond acceptors (Lipinski definition) is 4. The topological polar surface area (TPSA) is 64.8 Å². The van der Waals surface area contributed by atoms with E-state index in [0.717, 1.165) is 38.9 Å². The van der Waals surface area contributed by atoms with Crippen molar-refractivity contribution in [3.8, 4) is 0 Å². The zero-order valence-corrected chi connectivity index (χ0v) is 12.7. The molecule has 0 spiro atoms. The van der Waals surface area contributed by atoms with Gasteiger partial charge in [-0.15, -0.1) is 0 Å². The van der Waals surface area contributed by atoms with Gasteiger partial charge in [0.25, 0.3) is 0 Å². The van der Waals surface area contributed by atoms with E-state index in [1.165, 1.54) is 0 Å². The molecule has 5 heteroatoms. The van der Waals surface area contributed by atoms with Gasteiger partial charge in [0.1, 0.15) is 0 Å². The van der Waals surface area contributed by atoms with E-state index in [1.54, 1.807) is 0 Å². The lowest BCUT2D eigenvalue weighted by Crippen LogP contribution is -2.47. The summed E-state index contributed by atoms with van der Waals surface area (Å²) in [6.45, 7) is 6.78. The fourth-order valence-electron chi connectivity index (χ4n) is 2.84. The maximum atomic E-state index is 12.6. The lowest BCUT2D eigenvalue weighted by molar-refractivity contribution is -0.138. The molecular weight excluding hydrogens is 256 g/mol. The Morgan fingerprint density at radius 1 is 1.15 bits per heavy atom. The molecule has 0 saturated carbocycles. The van der Waals surface area contributed by atoms with Crippen LogP contribution in [0.5, 0.6) is 0 Å². The van der Waals surface area contributed by atoms with E-state index in [-0.39, 0.29) is 30.1 Å². The molecule has 2 N–H and O–H groups in total. The van der Waals surface area contributed by atoms with E-state index >= 15 is 0 Å². The molecule has 5 nitrogen and oxygen atoms in total. The predicted molar refractivity (Wildman–Crippen MR) is 77.3 cm³/mol. The number of nitrogens with zero attached hydrogens (tertiary/aromatic N) is 1. The number of carbonyl (C=O) groups is 1. The standard InChI is InChI=1S/C15H28N2O3/c1-11(12(2)16)15(18)17(9-13-5-3-7-19-13)10-14-6-4-8-20-14/h11-14H,3-10,16H2,1-2H3. The van der Waals surface area contributed by atoms with Crippen molar-refractivity contribution in [2.24, 2.45) is 11.7 Å². The van der Waals surface area contributed by atoms with Crippen LogP contribution >= 0.6 is 0 Å². The normalized spacial score (nSPS) is 29.4. The van der Waals surface area contributed by atoms with Gasteiger partial charge in [-0.1, -0.05) is 6.92 Å². The molecule has 20 heavy (non-hydrogen) atoms. The molecule has 2 saturated heterocycles. The van der Waals surface area contributed by atoms with Crippen LogP contribution in [0, 0.1) is 5.92 Å². The first-order valence-electron chi connectivity index (χ1n) is 7.85. The van der Waals surface area contributed by atoms with Crippen LogP contribution in [0.1, 0.15) is 39.5 Å². The molecule has 0 radical (unpaired) electrons. The van der Waals surface area contributed by atoms with Crippen LogP contribution in [0.2, 0.25) is 0 Å². The molecule has 2 rings (SSSR count). The van der Waals surface area contributed by atoms with Gasteiger partial charge in [0.15, 0.2) is 0 Å². The maximum absolute atomic E-state index is 12.6. The van der Waals surface area contributed by atoms with Gasteiger partial charge in [-0.05, 0) is 32.6 Å². The lowest BCUT2D eigenvalue weighted by atomic mass is 10.0. The molecule has 0 bridgehead atoms. The Bertz CT molecular complexity index is 292. The summed E-state index contributed by atoms with van der Waals surface area (Å²) in [5, 5.41) is 0. The van der Waals surface area contributed by atoms with E-state index in [2.05, 4.69) is 0 Å². The number of hydrogen-bond donors (Lipinski definition) is 1. The molecule has 116 valence electrons. The Morgan fingerprint density at radius 3 is 2.00 bits per heavy atom. The minimum Gasteiger partial charge on any atom is -0.376 e. The van der Waals surface area contributed by atoms with Crippen molar-refractivity contribution in [3.63, 3.8) is 0 Å². The zero-order valence-electron chi connectivity index (χ0n) is 12.7. The second-order valence-corrected chi connectivity index (χ2v) is 6.16. The van der Waals surface area contributed by atoms with Crippen molar-refractivity contribution in [2.75, 3.05) is 26.3 Å². The predicted octanol–water partition coefficient (Wildman–Crippen LogP) is 1.16. The van der Waals surface area contributed by atoms with E-state index in [4.69, 9.17) is 15.2 Å². The molecule has 0 aliphatic carbocycles. The minimum absolute atomic E-state index is 0.126. The average Bonchev–Trinajstić information content (AvgIpc) is 3.09. The SMILES string of the molecule is CC(N)C(C)C(=O)N(CC1CCCO1)CC1CCCO1. The Balaban J connectivity index is 1.95. The highest BCUT2D eigenvalue weighted by Crippen LogP contribution is 2.19. The van der Waals surface area contributed by atoms with Gasteiger partial charge in [0, 0.05) is 32.3 Å². The molecule has 0 aromatic carbocycles. The highest BCUT2D eigenvalue weighted by Gasteiger charge is 2.30. The molecule has 2 heterocycles. The largest absolute Gasteiger partial charge is 0.376 e. The van der Waals surface area contributed by atoms with E-state index in [0.29, 0.717) is 13.1 Å². The van der Waals surface area contributed by atoms with E-state index < -0.39 is 0 Å². The van der Waals surface area contributed by atoms with Crippen molar-refractivity contribution in [2.45, 2.75) is 57.8 Å². The first-order chi connectivity index (χ1) is 9.58. The van der Waals surface area contributed by atoms with Crippen LogP contribution in [-0.2, 0) is 14.3 Å². The Kier molecular flexibility index (Phi) is 5.81. The number of carbonyl (C=O) groups excluding carboxylic acids is 1. The summed E-state index contributed by atoms with van der Waals surface area (Å²) in [7, 11) is 0. The number of ether oxygens (including phenoxy) is 2. The monoisotopic (exact) mass is 284 g/mol. The molecular formula is C15H28N2O3. The second-order valence-electron chi connectivity index (χ2n) is 6.16. The lowest BCUT2D eigenvalue weighted by Gasteiger charge is -2.31. The summed E-state index contributed by atoms with van der Waals surface area (Å²) in [6, 6.07) is -0.126. The van der Waals surface area contributed by atoms with Gasteiger partial charge in [0.05, 0.1) is 18.1 Å². The van der Waals surface area contributed by atoms with Gasteiger partial charge < -0.3 is 20.1 Å². The Labute approximate surface area is 121 Å². The summed E-state index contributed by atoms with van der Waals surface area (Å²) in [5.41, 5.74) is 5.88.